The molecule has 1 fully saturated rings. The quantitative estimate of drug-likeness (QED) is 0.534. The Morgan fingerprint density at radius 2 is 1.94 bits per heavy atom. The van der Waals surface area contributed by atoms with Crippen LogP contribution >= 0.6 is 0 Å². The summed E-state index contributed by atoms with van der Waals surface area (Å²) in [5, 5.41) is 7.39. The lowest BCUT2D eigenvalue weighted by Crippen LogP contribution is -2.58. The number of nitrogens with one attached hydrogen (secondary N) is 1. The smallest absolute Gasteiger partial charge is 0.252 e. The minimum atomic E-state index is -0.0118. The third-order valence-corrected chi connectivity index (χ3v) is 6.95. The molecule has 1 aromatic carbocycles. The Kier molecular flexibility index (Phi) is 5.17. The molecule has 4 aromatic rings. The zero-order valence-corrected chi connectivity index (χ0v) is 19.0. The van der Waals surface area contributed by atoms with Crippen molar-refractivity contribution in [3.05, 3.63) is 58.8 Å². The number of nitrogens with zero attached hydrogens (tertiary/aromatic N) is 6. The van der Waals surface area contributed by atoms with Crippen LogP contribution in [0.5, 0.6) is 0 Å². The molecule has 1 saturated heterocycles. The third kappa shape index (κ3) is 3.35. The molecule has 3 aromatic heterocycles. The molecule has 4 heterocycles. The van der Waals surface area contributed by atoms with E-state index in [1.165, 1.54) is 5.56 Å². The van der Waals surface area contributed by atoms with Gasteiger partial charge in [0, 0.05) is 62.9 Å². The molecule has 0 aliphatic carbocycles. The van der Waals surface area contributed by atoms with Gasteiger partial charge in [-0.3, -0.25) is 24.8 Å². The van der Waals surface area contributed by atoms with Crippen LogP contribution < -0.4 is 10.5 Å². The van der Waals surface area contributed by atoms with Gasteiger partial charge in [0.05, 0.1) is 22.2 Å². The molecule has 8 nitrogen and oxygen atoms in total. The molecule has 1 aliphatic heterocycles. The van der Waals surface area contributed by atoms with Crippen molar-refractivity contribution in [1.82, 2.24) is 29.6 Å². The molecule has 166 valence electrons. The largest absolute Gasteiger partial charge is 0.364 e. The van der Waals surface area contributed by atoms with E-state index < -0.39 is 0 Å². The van der Waals surface area contributed by atoms with Crippen molar-refractivity contribution < 1.29 is 0 Å². The summed E-state index contributed by atoms with van der Waals surface area (Å²) in [6.45, 7) is 8.49. The van der Waals surface area contributed by atoms with Crippen molar-refractivity contribution in [2.75, 3.05) is 18.0 Å². The molecule has 1 aliphatic rings. The molecular weight excluding hydrogens is 402 g/mol. The predicted octanol–water partition coefficient (Wildman–Crippen LogP) is 3.26. The van der Waals surface area contributed by atoms with Gasteiger partial charge in [-0.2, -0.15) is 5.10 Å². The maximum atomic E-state index is 12.6. The zero-order chi connectivity index (χ0) is 22.4. The number of pyridine rings is 1. The Morgan fingerprint density at radius 3 is 2.72 bits per heavy atom. The van der Waals surface area contributed by atoms with Crippen molar-refractivity contribution in [3.63, 3.8) is 0 Å². The van der Waals surface area contributed by atoms with Crippen molar-refractivity contribution in [2.45, 2.75) is 45.3 Å². The van der Waals surface area contributed by atoms with Gasteiger partial charge in [0.2, 0.25) is 0 Å². The topological polar surface area (TPSA) is 82.9 Å². The fraction of sp³-hybridized carbons (Fsp3) is 0.417. The highest BCUT2D eigenvalue weighted by atomic mass is 16.1. The van der Waals surface area contributed by atoms with Gasteiger partial charge in [-0.15, -0.1) is 0 Å². The highest BCUT2D eigenvalue weighted by Crippen LogP contribution is 2.33. The van der Waals surface area contributed by atoms with Gasteiger partial charge in [-0.25, -0.2) is 0 Å². The first-order chi connectivity index (χ1) is 15.5. The number of H-pyrrole nitrogens is 1. The molecule has 0 spiro atoms. The maximum absolute atomic E-state index is 12.6. The summed E-state index contributed by atoms with van der Waals surface area (Å²) in [5.41, 5.74) is 5.69. The first-order valence-corrected chi connectivity index (χ1v) is 11.2. The normalized spacial score (nSPS) is 20.8. The van der Waals surface area contributed by atoms with Gasteiger partial charge in [-0.1, -0.05) is 13.0 Å². The number of benzene rings is 1. The second kappa shape index (κ2) is 8.02. The van der Waals surface area contributed by atoms with Crippen LogP contribution in [0.4, 0.5) is 5.69 Å². The summed E-state index contributed by atoms with van der Waals surface area (Å²) < 4.78 is 1.64. The monoisotopic (exact) mass is 431 g/mol. The van der Waals surface area contributed by atoms with Gasteiger partial charge in [0.1, 0.15) is 5.52 Å². The summed E-state index contributed by atoms with van der Waals surface area (Å²) in [6, 6.07) is 8.97. The Bertz CT molecular complexity index is 1330. The standard InChI is InChI=1S/C24H29N7O/c1-5-18-14-30(21-11-23(32)29(4)22-12-27-28-24(21)22)15(2)13-31(18)16(3)17-6-7-19-20(10-17)26-9-8-25-19/h6-12,15-16,18H,5,13-14H2,1-4H3,(H,27,28)/t15-,16?,18+/m0/s1. The van der Waals surface area contributed by atoms with E-state index in [-0.39, 0.29) is 17.6 Å². The molecule has 5 rings (SSSR count). The average Bonchev–Trinajstić information content (AvgIpc) is 3.31. The number of hydrogen-bond donors (Lipinski definition) is 1. The van der Waals surface area contributed by atoms with E-state index in [2.05, 4.69) is 68.9 Å². The predicted molar refractivity (Wildman–Crippen MR) is 127 cm³/mol. The van der Waals surface area contributed by atoms with E-state index in [0.717, 1.165) is 47.3 Å². The summed E-state index contributed by atoms with van der Waals surface area (Å²) in [5.74, 6) is 0. The molecule has 0 saturated carbocycles. The van der Waals surface area contributed by atoms with Gasteiger partial charge in [0.25, 0.3) is 5.56 Å². The summed E-state index contributed by atoms with van der Waals surface area (Å²) >= 11 is 0. The number of aryl methyl sites for hydroxylation is 1. The van der Waals surface area contributed by atoms with E-state index in [0.29, 0.717) is 6.04 Å². The van der Waals surface area contributed by atoms with Crippen LogP contribution in [0.25, 0.3) is 22.1 Å². The van der Waals surface area contributed by atoms with Crippen LogP contribution in [0.3, 0.4) is 0 Å². The van der Waals surface area contributed by atoms with Crippen molar-refractivity contribution in [2.24, 2.45) is 7.05 Å². The van der Waals surface area contributed by atoms with Crippen molar-refractivity contribution in [1.29, 1.82) is 0 Å². The molecule has 0 amide bonds. The van der Waals surface area contributed by atoms with Crippen LogP contribution in [-0.4, -0.2) is 54.8 Å². The number of hydrogen-bond acceptors (Lipinski definition) is 6. The number of anilines is 1. The molecule has 3 atom stereocenters. The average molecular weight is 432 g/mol. The fourth-order valence-corrected chi connectivity index (χ4v) is 5.02. The first-order valence-electron chi connectivity index (χ1n) is 11.2. The number of aromatic nitrogens is 5. The van der Waals surface area contributed by atoms with Gasteiger partial charge < -0.3 is 9.47 Å². The lowest BCUT2D eigenvalue weighted by molar-refractivity contribution is 0.106. The van der Waals surface area contributed by atoms with E-state index >= 15 is 0 Å². The Balaban J connectivity index is 1.46. The second-order valence-electron chi connectivity index (χ2n) is 8.79. The summed E-state index contributed by atoms with van der Waals surface area (Å²) in [6.07, 6.45) is 6.29. The first kappa shape index (κ1) is 20.6. The Labute approximate surface area is 186 Å². The molecule has 8 heteroatoms. The highest BCUT2D eigenvalue weighted by Gasteiger charge is 2.35. The van der Waals surface area contributed by atoms with Crippen LogP contribution in [0.1, 0.15) is 38.8 Å². The lowest BCUT2D eigenvalue weighted by Gasteiger charge is -2.48. The summed E-state index contributed by atoms with van der Waals surface area (Å²) in [7, 11) is 1.79. The molecule has 1 unspecified atom stereocenters. The maximum Gasteiger partial charge on any atom is 0.252 e. The zero-order valence-electron chi connectivity index (χ0n) is 19.0. The van der Waals surface area contributed by atoms with Gasteiger partial charge in [-0.05, 0) is 38.0 Å². The Morgan fingerprint density at radius 1 is 1.16 bits per heavy atom. The van der Waals surface area contributed by atoms with Crippen LogP contribution in [-0.2, 0) is 7.05 Å². The fourth-order valence-electron chi connectivity index (χ4n) is 5.02. The van der Waals surface area contributed by atoms with Gasteiger partial charge >= 0.3 is 0 Å². The highest BCUT2D eigenvalue weighted by molar-refractivity contribution is 5.88. The Hall–Kier alpha value is -3.26. The number of rotatable bonds is 4. The minimum absolute atomic E-state index is 0.0118. The summed E-state index contributed by atoms with van der Waals surface area (Å²) in [4.78, 5) is 26.4. The van der Waals surface area contributed by atoms with Crippen LogP contribution in [0.15, 0.2) is 47.7 Å². The van der Waals surface area contributed by atoms with E-state index in [1.54, 1.807) is 36.3 Å². The minimum Gasteiger partial charge on any atom is -0.364 e. The van der Waals surface area contributed by atoms with Crippen LogP contribution in [0.2, 0.25) is 0 Å². The van der Waals surface area contributed by atoms with Crippen molar-refractivity contribution >= 4 is 27.8 Å². The van der Waals surface area contributed by atoms with E-state index in [1.807, 2.05) is 0 Å². The van der Waals surface area contributed by atoms with Crippen LogP contribution in [0, 0.1) is 0 Å². The third-order valence-electron chi connectivity index (χ3n) is 6.95. The van der Waals surface area contributed by atoms with Crippen molar-refractivity contribution in [3.8, 4) is 0 Å². The molecule has 0 bridgehead atoms. The lowest BCUT2D eigenvalue weighted by atomic mass is 9.98. The number of aromatic amines is 1. The number of fused-ring (bicyclic) bond motifs is 2. The van der Waals surface area contributed by atoms with Gasteiger partial charge in [0.15, 0.2) is 0 Å². The molecule has 32 heavy (non-hydrogen) atoms. The number of piperazine rings is 1. The molecule has 0 radical (unpaired) electrons. The SMILES string of the molecule is CC[C@@H]1CN(c2cc(=O)n(C)c3c[nH]nc23)[C@@H](C)CN1C(C)c1ccc2nccnc2c1. The van der Waals surface area contributed by atoms with E-state index in [4.69, 9.17) is 0 Å². The molecule has 1 N–H and O–H groups in total. The van der Waals surface area contributed by atoms with E-state index in [9.17, 15) is 4.79 Å². The molecular formula is C24H29N7O. The second-order valence-corrected chi connectivity index (χ2v) is 8.79.